The van der Waals surface area contributed by atoms with Gasteiger partial charge in [0, 0.05) is 17.5 Å². The van der Waals surface area contributed by atoms with Crippen LogP contribution in [0, 0.1) is 40.1 Å². The lowest BCUT2D eigenvalue weighted by Crippen LogP contribution is -2.00. The Bertz CT molecular complexity index is 677. The molecule has 1 aromatic rings. The van der Waals surface area contributed by atoms with Crippen LogP contribution in [-0.4, -0.2) is 5.78 Å². The van der Waals surface area contributed by atoms with Crippen LogP contribution >= 0.6 is 0 Å². The summed E-state index contributed by atoms with van der Waals surface area (Å²) in [5.41, 5.74) is -1.51. The molecule has 0 radical (unpaired) electrons. The van der Waals surface area contributed by atoms with Gasteiger partial charge < -0.3 is 0 Å². The van der Waals surface area contributed by atoms with E-state index in [4.69, 9.17) is 10.5 Å². The predicted molar refractivity (Wildman–Crippen MR) is 53.4 cm³/mol. The van der Waals surface area contributed by atoms with E-state index < -0.39 is 40.8 Å². The Morgan fingerprint density at radius 2 is 1.78 bits per heavy atom. The Morgan fingerprint density at radius 3 is 2.33 bits per heavy atom. The van der Waals surface area contributed by atoms with Gasteiger partial charge in [-0.3, -0.25) is 4.79 Å². The number of hydrogen-bond donors (Lipinski definition) is 0. The van der Waals surface area contributed by atoms with E-state index in [1.807, 2.05) is 0 Å². The molecule has 0 saturated carbocycles. The molecule has 1 aliphatic rings. The number of nitriles is 2. The minimum atomic E-state index is -1.73. The molecule has 1 aromatic carbocycles. The maximum absolute atomic E-state index is 13.6. The number of benzene rings is 1. The van der Waals surface area contributed by atoms with E-state index in [2.05, 4.69) is 0 Å². The topological polar surface area (TPSA) is 64.7 Å². The van der Waals surface area contributed by atoms with Gasteiger partial charge in [-0.05, 0) is 11.6 Å². The van der Waals surface area contributed by atoms with Gasteiger partial charge in [-0.25, -0.2) is 13.2 Å². The molecule has 0 spiro atoms. The van der Waals surface area contributed by atoms with Gasteiger partial charge in [0.05, 0.1) is 0 Å². The van der Waals surface area contributed by atoms with Gasteiger partial charge in [-0.2, -0.15) is 10.5 Å². The van der Waals surface area contributed by atoms with Crippen molar-refractivity contribution in [1.82, 2.24) is 0 Å². The third-order valence-corrected chi connectivity index (χ3v) is 2.63. The summed E-state index contributed by atoms with van der Waals surface area (Å²) in [6, 6.07) is 3.58. The summed E-state index contributed by atoms with van der Waals surface area (Å²) in [6.45, 7) is 0. The van der Waals surface area contributed by atoms with Gasteiger partial charge in [0.2, 0.25) is 0 Å². The first kappa shape index (κ1) is 11.9. The van der Waals surface area contributed by atoms with Gasteiger partial charge in [-0.15, -0.1) is 0 Å². The van der Waals surface area contributed by atoms with Crippen LogP contribution < -0.4 is 0 Å². The van der Waals surface area contributed by atoms with Crippen LogP contribution in [-0.2, 0) is 0 Å². The first-order valence-corrected chi connectivity index (χ1v) is 4.75. The molecule has 0 amide bonds. The summed E-state index contributed by atoms with van der Waals surface area (Å²) in [5.74, 6) is -5.40. The van der Waals surface area contributed by atoms with E-state index >= 15 is 0 Å². The number of Topliss-reactive ketones (excluding diaryl/α,β-unsaturated/α-hetero) is 1. The van der Waals surface area contributed by atoms with Gasteiger partial charge in [0.15, 0.2) is 23.2 Å². The number of allylic oxidation sites excluding steroid dienone is 2. The molecule has 0 N–H and O–H groups in total. The molecule has 0 atom stereocenters. The molecule has 0 aliphatic heterocycles. The van der Waals surface area contributed by atoms with Crippen molar-refractivity contribution < 1.29 is 18.0 Å². The van der Waals surface area contributed by atoms with Gasteiger partial charge >= 0.3 is 0 Å². The lowest BCUT2D eigenvalue weighted by molar-refractivity contribution is 0.100. The number of nitrogens with zero attached hydrogens (tertiary/aromatic N) is 2. The van der Waals surface area contributed by atoms with Crippen LogP contribution in [0.25, 0.3) is 5.57 Å². The molecule has 0 heterocycles. The summed E-state index contributed by atoms with van der Waals surface area (Å²) in [6.07, 6.45) is -0.411. The molecule has 0 bridgehead atoms. The first-order valence-electron chi connectivity index (χ1n) is 4.75. The zero-order valence-electron chi connectivity index (χ0n) is 8.72. The van der Waals surface area contributed by atoms with Crippen LogP contribution in [0.15, 0.2) is 11.6 Å². The zero-order chi connectivity index (χ0) is 13.4. The average molecular weight is 248 g/mol. The quantitative estimate of drug-likeness (QED) is 0.523. The van der Waals surface area contributed by atoms with E-state index in [1.165, 1.54) is 12.1 Å². The second-order valence-corrected chi connectivity index (χ2v) is 3.59. The monoisotopic (exact) mass is 248 g/mol. The summed E-state index contributed by atoms with van der Waals surface area (Å²) in [4.78, 5) is 11.5. The van der Waals surface area contributed by atoms with Crippen molar-refractivity contribution in [2.75, 3.05) is 0 Å². The standard InChI is InChI=1S/C12H3F3N2O/c13-8-1-7-9(18)2-6(5(3-16)4-17)10(7)12(15)11(8)14/h1H,2H2. The van der Waals surface area contributed by atoms with Crippen LogP contribution in [0.1, 0.15) is 22.3 Å². The minimum Gasteiger partial charge on any atom is -0.294 e. The number of carbonyl (C=O) groups excluding carboxylic acids is 1. The van der Waals surface area contributed by atoms with Crippen LogP contribution in [0.3, 0.4) is 0 Å². The van der Waals surface area contributed by atoms with Crippen LogP contribution in [0.4, 0.5) is 13.2 Å². The average Bonchev–Trinajstić information content (AvgIpc) is 2.66. The smallest absolute Gasteiger partial charge is 0.195 e. The third kappa shape index (κ3) is 1.47. The van der Waals surface area contributed by atoms with Crippen molar-refractivity contribution in [3.05, 3.63) is 40.2 Å². The largest absolute Gasteiger partial charge is 0.294 e. The number of halogens is 3. The Hall–Kier alpha value is -2.60. The summed E-state index contributed by atoms with van der Waals surface area (Å²) >= 11 is 0. The maximum Gasteiger partial charge on any atom is 0.195 e. The first-order chi connectivity index (χ1) is 8.51. The fraction of sp³-hybridized carbons (Fsp3) is 0.0833. The van der Waals surface area contributed by atoms with E-state index in [0.29, 0.717) is 6.07 Å². The Labute approximate surface area is 99.4 Å². The fourth-order valence-electron chi connectivity index (χ4n) is 1.83. The predicted octanol–water partition coefficient (Wildman–Crippen LogP) is 2.49. The molecule has 18 heavy (non-hydrogen) atoms. The third-order valence-electron chi connectivity index (χ3n) is 2.63. The van der Waals surface area contributed by atoms with Crippen molar-refractivity contribution in [2.24, 2.45) is 0 Å². The molecule has 0 fully saturated rings. The second kappa shape index (κ2) is 4.01. The van der Waals surface area contributed by atoms with E-state index in [0.717, 1.165) is 0 Å². The highest BCUT2D eigenvalue weighted by Crippen LogP contribution is 2.37. The van der Waals surface area contributed by atoms with Crippen molar-refractivity contribution in [3.8, 4) is 12.1 Å². The number of rotatable bonds is 0. The molecule has 88 valence electrons. The number of fused-ring (bicyclic) bond motifs is 1. The summed E-state index contributed by atoms with van der Waals surface area (Å²) < 4.78 is 39.7. The minimum absolute atomic E-state index is 0.198. The van der Waals surface area contributed by atoms with Gasteiger partial charge in [-0.1, -0.05) is 0 Å². The summed E-state index contributed by atoms with van der Waals surface area (Å²) in [7, 11) is 0. The Kier molecular flexibility index (Phi) is 2.64. The van der Waals surface area contributed by atoms with E-state index in [1.54, 1.807) is 0 Å². The fourth-order valence-corrected chi connectivity index (χ4v) is 1.83. The van der Waals surface area contributed by atoms with E-state index in [9.17, 15) is 18.0 Å². The van der Waals surface area contributed by atoms with Crippen molar-refractivity contribution in [3.63, 3.8) is 0 Å². The SMILES string of the molecule is N#CC(C#N)=C1CC(=O)c2cc(F)c(F)c(F)c21. The highest BCUT2D eigenvalue weighted by atomic mass is 19.2. The van der Waals surface area contributed by atoms with Crippen molar-refractivity contribution >= 4 is 11.4 Å². The lowest BCUT2D eigenvalue weighted by atomic mass is 10.0. The molecular formula is C12H3F3N2O. The zero-order valence-corrected chi connectivity index (χ0v) is 8.72. The number of ketones is 1. The normalized spacial score (nSPS) is 12.9. The van der Waals surface area contributed by atoms with Gasteiger partial charge in [0.25, 0.3) is 0 Å². The highest BCUT2D eigenvalue weighted by molar-refractivity contribution is 6.13. The molecule has 0 unspecified atom stereocenters. The summed E-state index contributed by atoms with van der Waals surface area (Å²) in [5, 5.41) is 17.4. The Morgan fingerprint density at radius 1 is 1.17 bits per heavy atom. The molecular weight excluding hydrogens is 245 g/mol. The van der Waals surface area contributed by atoms with Crippen molar-refractivity contribution in [1.29, 1.82) is 10.5 Å². The highest BCUT2D eigenvalue weighted by Gasteiger charge is 2.33. The van der Waals surface area contributed by atoms with Gasteiger partial charge in [0.1, 0.15) is 17.7 Å². The van der Waals surface area contributed by atoms with Crippen LogP contribution in [0.5, 0.6) is 0 Å². The van der Waals surface area contributed by atoms with Crippen molar-refractivity contribution in [2.45, 2.75) is 6.42 Å². The molecule has 0 saturated heterocycles. The Balaban J connectivity index is 2.88. The molecule has 1 aliphatic carbocycles. The molecule has 6 heteroatoms. The number of carbonyl (C=O) groups is 1. The molecule has 0 aromatic heterocycles. The van der Waals surface area contributed by atoms with Crippen LogP contribution in [0.2, 0.25) is 0 Å². The number of hydrogen-bond acceptors (Lipinski definition) is 3. The maximum atomic E-state index is 13.6. The van der Waals surface area contributed by atoms with E-state index in [-0.39, 0.29) is 11.1 Å². The lowest BCUT2D eigenvalue weighted by Gasteiger charge is -2.03. The molecule has 2 rings (SSSR count). The second-order valence-electron chi connectivity index (χ2n) is 3.59. The molecule has 3 nitrogen and oxygen atoms in total.